The molecular formula is C26H24N4O4. The summed E-state index contributed by atoms with van der Waals surface area (Å²) in [6, 6.07) is 16.4. The molecule has 1 amide bonds. The van der Waals surface area contributed by atoms with Gasteiger partial charge in [-0.05, 0) is 67.1 Å². The predicted octanol–water partition coefficient (Wildman–Crippen LogP) is 3.95. The first kappa shape index (κ1) is 21.5. The third-order valence-electron chi connectivity index (χ3n) is 6.08. The summed E-state index contributed by atoms with van der Waals surface area (Å²) in [7, 11) is 1.62. The van der Waals surface area contributed by atoms with Gasteiger partial charge in [0.05, 0.1) is 36.1 Å². The number of carbonyl (C=O) groups is 1. The fourth-order valence-corrected chi connectivity index (χ4v) is 4.40. The van der Waals surface area contributed by atoms with Crippen molar-refractivity contribution in [2.24, 2.45) is 0 Å². The van der Waals surface area contributed by atoms with Crippen LogP contribution >= 0.6 is 0 Å². The lowest BCUT2D eigenvalue weighted by atomic mass is 10.2. The van der Waals surface area contributed by atoms with Crippen molar-refractivity contribution >= 4 is 16.9 Å². The Kier molecular flexibility index (Phi) is 5.63. The van der Waals surface area contributed by atoms with Crippen molar-refractivity contribution in [2.75, 3.05) is 20.2 Å². The molecule has 0 radical (unpaired) electrons. The highest BCUT2D eigenvalue weighted by molar-refractivity contribution is 5.87. The number of fused-ring (bicyclic) bond motifs is 1. The molecule has 1 aliphatic rings. The minimum Gasteiger partial charge on any atom is -0.497 e. The second-order valence-electron chi connectivity index (χ2n) is 8.05. The molecule has 1 aliphatic heterocycles. The molecule has 3 heterocycles. The van der Waals surface area contributed by atoms with E-state index in [-0.39, 0.29) is 17.6 Å². The van der Waals surface area contributed by atoms with E-state index in [4.69, 9.17) is 9.47 Å². The van der Waals surface area contributed by atoms with Gasteiger partial charge in [-0.25, -0.2) is 4.79 Å². The Morgan fingerprint density at radius 1 is 1.03 bits per heavy atom. The fraction of sp³-hybridized carbons (Fsp3) is 0.192. The lowest BCUT2D eigenvalue weighted by Gasteiger charge is -2.15. The molecule has 0 bridgehead atoms. The van der Waals surface area contributed by atoms with E-state index in [0.717, 1.165) is 11.3 Å². The molecule has 4 aromatic rings. The first-order chi connectivity index (χ1) is 16.6. The van der Waals surface area contributed by atoms with Crippen molar-refractivity contribution < 1.29 is 14.3 Å². The Labute approximate surface area is 196 Å². The molecule has 0 saturated carbocycles. The van der Waals surface area contributed by atoms with E-state index in [1.54, 1.807) is 33.5 Å². The van der Waals surface area contributed by atoms with Crippen LogP contribution < -0.4 is 15.2 Å². The van der Waals surface area contributed by atoms with Gasteiger partial charge in [0.2, 0.25) is 5.91 Å². The van der Waals surface area contributed by atoms with Crippen molar-refractivity contribution in [2.45, 2.75) is 12.5 Å². The molecule has 2 aromatic heterocycles. The smallest absolute Gasteiger partial charge is 0.334 e. The summed E-state index contributed by atoms with van der Waals surface area (Å²) in [5.74, 6) is 1.98. The summed E-state index contributed by atoms with van der Waals surface area (Å²) in [4.78, 5) is 31.6. The van der Waals surface area contributed by atoms with Crippen LogP contribution in [0.5, 0.6) is 17.2 Å². The number of aromatic nitrogens is 3. The first-order valence-corrected chi connectivity index (χ1v) is 11.0. The first-order valence-electron chi connectivity index (χ1n) is 11.0. The van der Waals surface area contributed by atoms with Crippen LogP contribution in [0.3, 0.4) is 0 Å². The van der Waals surface area contributed by atoms with Crippen molar-refractivity contribution in [3.63, 3.8) is 0 Å². The van der Waals surface area contributed by atoms with Crippen molar-refractivity contribution in [1.82, 2.24) is 19.0 Å². The summed E-state index contributed by atoms with van der Waals surface area (Å²) >= 11 is 0. The van der Waals surface area contributed by atoms with E-state index in [2.05, 4.69) is 11.6 Å². The molecule has 0 aliphatic carbocycles. The van der Waals surface area contributed by atoms with Gasteiger partial charge in [0.25, 0.3) is 0 Å². The molecule has 0 unspecified atom stereocenters. The van der Waals surface area contributed by atoms with Crippen molar-refractivity contribution in [3.05, 3.63) is 90.1 Å². The molecule has 0 spiro atoms. The van der Waals surface area contributed by atoms with Crippen LogP contribution in [0.25, 0.3) is 16.7 Å². The van der Waals surface area contributed by atoms with Crippen LogP contribution in [0.2, 0.25) is 0 Å². The lowest BCUT2D eigenvalue weighted by Crippen LogP contribution is -2.31. The molecule has 8 heteroatoms. The minimum atomic E-state index is -0.162. The summed E-state index contributed by atoms with van der Waals surface area (Å²) in [6.45, 7) is 4.63. The largest absolute Gasteiger partial charge is 0.497 e. The highest BCUT2D eigenvalue weighted by Crippen LogP contribution is 2.28. The average Bonchev–Trinajstić information content (AvgIpc) is 3.46. The number of rotatable bonds is 6. The quantitative estimate of drug-likeness (QED) is 0.411. The normalized spacial score (nSPS) is 15.4. The number of pyridine rings is 1. The third-order valence-corrected chi connectivity index (χ3v) is 6.08. The molecule has 172 valence electrons. The van der Waals surface area contributed by atoms with E-state index >= 15 is 0 Å². The van der Waals surface area contributed by atoms with Crippen LogP contribution in [-0.2, 0) is 4.79 Å². The zero-order chi connectivity index (χ0) is 23.7. The molecule has 34 heavy (non-hydrogen) atoms. The van der Waals surface area contributed by atoms with Gasteiger partial charge in [0.15, 0.2) is 0 Å². The van der Waals surface area contributed by atoms with E-state index in [1.807, 2.05) is 54.6 Å². The van der Waals surface area contributed by atoms with Crippen LogP contribution in [0.1, 0.15) is 12.5 Å². The zero-order valence-corrected chi connectivity index (χ0v) is 18.8. The molecule has 8 nitrogen and oxygen atoms in total. The Balaban J connectivity index is 1.47. The number of nitrogens with zero attached hydrogens (tertiary/aromatic N) is 4. The number of hydrogen-bond acceptors (Lipinski definition) is 5. The lowest BCUT2D eigenvalue weighted by molar-refractivity contribution is -0.125. The monoisotopic (exact) mass is 456 g/mol. The number of amides is 1. The van der Waals surface area contributed by atoms with Gasteiger partial charge in [-0.3, -0.25) is 18.9 Å². The van der Waals surface area contributed by atoms with Gasteiger partial charge in [0, 0.05) is 19.3 Å². The zero-order valence-electron chi connectivity index (χ0n) is 18.8. The van der Waals surface area contributed by atoms with Crippen LogP contribution in [0.4, 0.5) is 0 Å². The van der Waals surface area contributed by atoms with Gasteiger partial charge in [-0.2, -0.15) is 0 Å². The number of likely N-dealkylation sites (tertiary alicyclic amines) is 1. The SMILES string of the molecule is C=CC(=O)N1CC[C@@H](n2c(=O)n(-c3ccc(Oc4ccc(OC)cc4)cc3)c3cnccc32)C1. The number of ether oxygens (including phenoxy) is 2. The molecule has 2 aromatic carbocycles. The fourth-order valence-electron chi connectivity index (χ4n) is 4.40. The van der Waals surface area contributed by atoms with Crippen LogP contribution in [0.15, 0.2) is 84.4 Å². The summed E-state index contributed by atoms with van der Waals surface area (Å²) in [5.41, 5.74) is 2.05. The number of carbonyl (C=O) groups excluding carboxylic acids is 1. The average molecular weight is 457 g/mol. The standard InChI is InChI=1S/C26H24N4O4/c1-3-25(31)28-15-13-19(17-28)30-23-12-14-27-16-24(23)29(26(30)32)18-4-6-21(7-5-18)34-22-10-8-20(33-2)9-11-22/h3-12,14,16,19H,1,13,15,17H2,2H3/t19-/m1/s1. The second-order valence-corrected chi connectivity index (χ2v) is 8.05. The predicted molar refractivity (Wildman–Crippen MR) is 129 cm³/mol. The van der Waals surface area contributed by atoms with E-state index < -0.39 is 0 Å². The highest BCUT2D eigenvalue weighted by atomic mass is 16.5. The Morgan fingerprint density at radius 3 is 2.38 bits per heavy atom. The Hall–Kier alpha value is -4.33. The van der Waals surface area contributed by atoms with Gasteiger partial charge in [-0.1, -0.05) is 6.58 Å². The molecule has 1 atom stereocenters. The van der Waals surface area contributed by atoms with Crippen LogP contribution in [0, 0.1) is 0 Å². The maximum Gasteiger partial charge on any atom is 0.334 e. The van der Waals surface area contributed by atoms with E-state index in [9.17, 15) is 9.59 Å². The Bertz CT molecular complexity index is 1400. The maximum atomic E-state index is 13.6. The van der Waals surface area contributed by atoms with Gasteiger partial charge < -0.3 is 14.4 Å². The molecule has 0 N–H and O–H groups in total. The number of methoxy groups -OCH3 is 1. The molecule has 5 rings (SSSR count). The second kappa shape index (κ2) is 8.90. The summed E-state index contributed by atoms with van der Waals surface area (Å²) in [5, 5.41) is 0. The number of imidazole rings is 1. The Morgan fingerprint density at radius 2 is 1.71 bits per heavy atom. The van der Waals surface area contributed by atoms with Crippen molar-refractivity contribution in [3.8, 4) is 22.9 Å². The number of benzene rings is 2. The molecular weight excluding hydrogens is 432 g/mol. The molecule has 1 saturated heterocycles. The van der Waals surface area contributed by atoms with Gasteiger partial charge in [0.1, 0.15) is 17.2 Å². The topological polar surface area (TPSA) is 78.6 Å². The minimum absolute atomic E-state index is 0.111. The highest BCUT2D eigenvalue weighted by Gasteiger charge is 2.29. The van der Waals surface area contributed by atoms with E-state index in [0.29, 0.717) is 42.2 Å². The molecule has 1 fully saturated rings. The summed E-state index contributed by atoms with van der Waals surface area (Å²) in [6.07, 6.45) is 5.39. The third kappa shape index (κ3) is 3.83. The maximum absolute atomic E-state index is 13.6. The summed E-state index contributed by atoms with van der Waals surface area (Å²) < 4.78 is 14.5. The van der Waals surface area contributed by atoms with Gasteiger partial charge >= 0.3 is 5.69 Å². The van der Waals surface area contributed by atoms with Gasteiger partial charge in [-0.15, -0.1) is 0 Å². The van der Waals surface area contributed by atoms with E-state index in [1.165, 1.54) is 6.08 Å². The van der Waals surface area contributed by atoms with Crippen LogP contribution in [-0.4, -0.2) is 45.1 Å². The van der Waals surface area contributed by atoms with Crippen molar-refractivity contribution in [1.29, 1.82) is 0 Å². The number of hydrogen-bond donors (Lipinski definition) is 0.